The maximum Gasteiger partial charge on any atom is 0.222 e. The number of aromatic nitrogens is 4. The molecule has 0 unspecified atom stereocenters. The lowest BCUT2D eigenvalue weighted by Crippen LogP contribution is -1.98. The van der Waals surface area contributed by atoms with Gasteiger partial charge >= 0.3 is 0 Å². The van der Waals surface area contributed by atoms with Gasteiger partial charge in [-0.2, -0.15) is 0 Å². The maximum absolute atomic E-state index is 5.59. The summed E-state index contributed by atoms with van der Waals surface area (Å²) in [5.74, 6) is 1.22. The minimum atomic E-state index is 0.426. The molecule has 2 N–H and O–H groups in total. The molecule has 7 heteroatoms. The zero-order valence-corrected chi connectivity index (χ0v) is 11.0. The van der Waals surface area contributed by atoms with Gasteiger partial charge < -0.3 is 5.73 Å². The highest BCUT2D eigenvalue weighted by molar-refractivity contribution is 9.10. The summed E-state index contributed by atoms with van der Waals surface area (Å²) < 4.78 is 2.74. The summed E-state index contributed by atoms with van der Waals surface area (Å²) in [6.45, 7) is 0. The number of nitrogens with zero attached hydrogens (tertiary/aromatic N) is 4. The number of hydrogen-bond donors (Lipinski definition) is 1. The molecule has 0 spiro atoms. The van der Waals surface area contributed by atoms with Crippen molar-refractivity contribution in [2.75, 3.05) is 5.73 Å². The molecule has 0 aliphatic carbocycles. The second kappa shape index (κ2) is 4.84. The largest absolute Gasteiger partial charge is 0.368 e. The third-order valence-electron chi connectivity index (χ3n) is 2.00. The summed E-state index contributed by atoms with van der Waals surface area (Å²) in [7, 11) is 1.84. The Morgan fingerprint density at radius 3 is 2.88 bits per heavy atom. The number of anilines is 1. The maximum atomic E-state index is 5.59. The van der Waals surface area contributed by atoms with E-state index in [0.717, 1.165) is 20.9 Å². The first-order valence-electron chi connectivity index (χ1n) is 4.54. The molecule has 2 aromatic rings. The van der Waals surface area contributed by atoms with Crippen LogP contribution in [-0.2, 0) is 12.8 Å². The molecule has 5 nitrogen and oxygen atoms in total. The van der Waals surface area contributed by atoms with Gasteiger partial charge in [0, 0.05) is 29.7 Å². The Morgan fingerprint density at radius 1 is 1.44 bits per heavy atom. The SMILES string of the molecule is Cn1c(N)nnc1SCc1cncc(Br)c1. The van der Waals surface area contributed by atoms with Gasteiger partial charge in [-0.3, -0.25) is 9.55 Å². The fourth-order valence-corrected chi connectivity index (χ4v) is 2.39. The van der Waals surface area contributed by atoms with Crippen LogP contribution in [0.15, 0.2) is 28.1 Å². The second-order valence-electron chi connectivity index (χ2n) is 3.20. The first-order chi connectivity index (χ1) is 7.66. The third-order valence-corrected chi connectivity index (χ3v) is 3.52. The van der Waals surface area contributed by atoms with Crippen LogP contribution in [0, 0.1) is 0 Å². The standard InChI is InChI=1S/C9H10BrN5S/c1-15-8(11)13-14-9(15)16-5-6-2-7(10)4-12-3-6/h2-4H,5H2,1H3,(H2,11,13). The topological polar surface area (TPSA) is 69.6 Å². The molecule has 2 rings (SSSR count). The van der Waals surface area contributed by atoms with E-state index in [9.17, 15) is 0 Å². The van der Waals surface area contributed by atoms with Crippen molar-refractivity contribution in [3.8, 4) is 0 Å². The molecule has 16 heavy (non-hydrogen) atoms. The number of nitrogens with two attached hydrogens (primary N) is 1. The Morgan fingerprint density at radius 2 is 2.25 bits per heavy atom. The highest BCUT2D eigenvalue weighted by Crippen LogP contribution is 2.22. The number of thioether (sulfide) groups is 1. The summed E-state index contributed by atoms with van der Waals surface area (Å²) in [4.78, 5) is 4.10. The van der Waals surface area contributed by atoms with Gasteiger partial charge in [0.1, 0.15) is 0 Å². The Hall–Kier alpha value is -1.08. The molecular weight excluding hydrogens is 290 g/mol. The van der Waals surface area contributed by atoms with Gasteiger partial charge in [-0.25, -0.2) is 0 Å². The lowest BCUT2D eigenvalue weighted by atomic mass is 10.3. The molecule has 0 fully saturated rings. The summed E-state index contributed by atoms with van der Waals surface area (Å²) >= 11 is 4.96. The first kappa shape index (κ1) is 11.4. The highest BCUT2D eigenvalue weighted by Gasteiger charge is 2.06. The van der Waals surface area contributed by atoms with Gasteiger partial charge in [-0.15, -0.1) is 10.2 Å². The van der Waals surface area contributed by atoms with Crippen molar-refractivity contribution in [1.29, 1.82) is 0 Å². The molecule has 0 bridgehead atoms. The van der Waals surface area contributed by atoms with E-state index in [-0.39, 0.29) is 0 Å². The fourth-order valence-electron chi connectivity index (χ4n) is 1.13. The van der Waals surface area contributed by atoms with E-state index < -0.39 is 0 Å². The fraction of sp³-hybridized carbons (Fsp3) is 0.222. The Bertz CT molecular complexity index is 498. The molecule has 2 heterocycles. The van der Waals surface area contributed by atoms with Crippen LogP contribution in [0.4, 0.5) is 5.95 Å². The van der Waals surface area contributed by atoms with E-state index in [1.807, 2.05) is 19.3 Å². The van der Waals surface area contributed by atoms with Gasteiger partial charge in [-0.05, 0) is 27.6 Å². The molecule has 0 amide bonds. The quantitative estimate of drug-likeness (QED) is 0.876. The van der Waals surface area contributed by atoms with Crippen molar-refractivity contribution in [2.45, 2.75) is 10.9 Å². The minimum absolute atomic E-state index is 0.426. The molecule has 0 aliphatic heterocycles. The molecule has 0 saturated carbocycles. The summed E-state index contributed by atoms with van der Waals surface area (Å²) in [5, 5.41) is 8.57. The van der Waals surface area contributed by atoms with E-state index in [0.29, 0.717) is 5.95 Å². The minimum Gasteiger partial charge on any atom is -0.368 e. The van der Waals surface area contributed by atoms with Crippen molar-refractivity contribution in [3.05, 3.63) is 28.5 Å². The Kier molecular flexibility index (Phi) is 3.45. The highest BCUT2D eigenvalue weighted by atomic mass is 79.9. The van der Waals surface area contributed by atoms with Crippen molar-refractivity contribution in [1.82, 2.24) is 19.7 Å². The van der Waals surface area contributed by atoms with E-state index in [1.165, 1.54) is 0 Å². The molecule has 0 aromatic carbocycles. The molecule has 2 aromatic heterocycles. The van der Waals surface area contributed by atoms with E-state index in [1.54, 1.807) is 22.5 Å². The average Bonchev–Trinajstić information content (AvgIpc) is 2.57. The Balaban J connectivity index is 2.05. The second-order valence-corrected chi connectivity index (χ2v) is 5.06. The van der Waals surface area contributed by atoms with Crippen LogP contribution in [0.3, 0.4) is 0 Å². The van der Waals surface area contributed by atoms with Crippen LogP contribution in [0.2, 0.25) is 0 Å². The summed E-state index contributed by atoms with van der Waals surface area (Å²) in [5.41, 5.74) is 6.72. The molecular formula is C9H10BrN5S. The van der Waals surface area contributed by atoms with E-state index in [2.05, 4.69) is 31.1 Å². The van der Waals surface area contributed by atoms with Gasteiger partial charge in [0.2, 0.25) is 5.95 Å². The van der Waals surface area contributed by atoms with Crippen LogP contribution in [0.1, 0.15) is 5.56 Å². The van der Waals surface area contributed by atoms with Crippen molar-refractivity contribution in [3.63, 3.8) is 0 Å². The predicted octanol–water partition coefficient (Wildman–Crippen LogP) is 1.85. The number of pyridine rings is 1. The average molecular weight is 300 g/mol. The number of hydrogen-bond acceptors (Lipinski definition) is 5. The van der Waals surface area contributed by atoms with E-state index in [4.69, 9.17) is 5.73 Å². The van der Waals surface area contributed by atoms with E-state index >= 15 is 0 Å². The van der Waals surface area contributed by atoms with Gasteiger partial charge in [0.15, 0.2) is 5.16 Å². The lowest BCUT2D eigenvalue weighted by molar-refractivity contribution is 0.796. The molecule has 0 radical (unpaired) electrons. The van der Waals surface area contributed by atoms with Crippen LogP contribution in [0.25, 0.3) is 0 Å². The molecule has 0 saturated heterocycles. The number of rotatable bonds is 3. The van der Waals surface area contributed by atoms with Crippen molar-refractivity contribution in [2.24, 2.45) is 7.05 Å². The third kappa shape index (κ3) is 2.53. The monoisotopic (exact) mass is 299 g/mol. The number of halogens is 1. The Labute approximate surface area is 106 Å². The van der Waals surface area contributed by atoms with Crippen molar-refractivity contribution < 1.29 is 0 Å². The van der Waals surface area contributed by atoms with Gasteiger partial charge in [0.25, 0.3) is 0 Å². The van der Waals surface area contributed by atoms with Gasteiger partial charge in [0.05, 0.1) is 0 Å². The zero-order valence-electron chi connectivity index (χ0n) is 8.59. The molecule has 0 aliphatic rings. The zero-order chi connectivity index (χ0) is 11.5. The molecule has 0 atom stereocenters. The predicted molar refractivity (Wildman–Crippen MR) is 66.9 cm³/mol. The first-order valence-corrected chi connectivity index (χ1v) is 6.32. The van der Waals surface area contributed by atoms with Crippen molar-refractivity contribution >= 4 is 33.6 Å². The lowest BCUT2D eigenvalue weighted by Gasteiger charge is -2.01. The smallest absolute Gasteiger partial charge is 0.222 e. The van der Waals surface area contributed by atoms with Crippen LogP contribution in [-0.4, -0.2) is 19.7 Å². The van der Waals surface area contributed by atoms with Crippen LogP contribution < -0.4 is 5.73 Å². The van der Waals surface area contributed by atoms with Crippen LogP contribution >= 0.6 is 27.7 Å². The van der Waals surface area contributed by atoms with Gasteiger partial charge in [-0.1, -0.05) is 11.8 Å². The molecule has 84 valence electrons. The number of nitrogen functional groups attached to an aromatic ring is 1. The summed E-state index contributed by atoms with van der Waals surface area (Å²) in [6.07, 6.45) is 3.59. The van der Waals surface area contributed by atoms with Crippen LogP contribution in [0.5, 0.6) is 0 Å². The normalized spacial score (nSPS) is 10.6. The summed E-state index contributed by atoms with van der Waals surface area (Å²) in [6, 6.07) is 2.03.